The lowest BCUT2D eigenvalue weighted by molar-refractivity contribution is -0.0401. The van der Waals surface area contributed by atoms with E-state index in [1.165, 1.54) is 38.5 Å². The molecule has 0 aliphatic heterocycles. The number of carbonyl (C=O) groups is 1. The van der Waals surface area contributed by atoms with E-state index < -0.39 is 0 Å². The maximum Gasteiger partial charge on any atom is 0.272 e. The van der Waals surface area contributed by atoms with Crippen molar-refractivity contribution in [3.05, 3.63) is 64.9 Å². The van der Waals surface area contributed by atoms with Crippen LogP contribution in [0.4, 0.5) is 0 Å². The average Bonchev–Trinajstić information content (AvgIpc) is 3.21. The number of carbonyl (C=O) groups excluding carboxylic acids is 1. The SMILES string of the molecule is Cc1c(C(=O)NCCCC2C3CC4CC(C3)CC2C4)nn(-c2ccccn2)c1-c1ccc(Cl)cc1. The first-order chi connectivity index (χ1) is 17.1. The zero-order valence-corrected chi connectivity index (χ0v) is 21.0. The minimum Gasteiger partial charge on any atom is -0.351 e. The number of rotatable bonds is 7. The Kier molecular flexibility index (Phi) is 6.13. The van der Waals surface area contributed by atoms with Gasteiger partial charge in [0.15, 0.2) is 11.5 Å². The van der Waals surface area contributed by atoms with Crippen LogP contribution < -0.4 is 5.32 Å². The molecule has 4 aliphatic rings. The largest absolute Gasteiger partial charge is 0.351 e. The predicted molar refractivity (Wildman–Crippen MR) is 139 cm³/mol. The van der Waals surface area contributed by atoms with Gasteiger partial charge in [0.25, 0.3) is 5.91 Å². The number of aromatic nitrogens is 3. The van der Waals surface area contributed by atoms with Crippen LogP contribution in [0.2, 0.25) is 5.02 Å². The third-order valence-corrected chi connectivity index (χ3v) is 8.99. The number of benzene rings is 1. The van der Waals surface area contributed by atoms with Crippen LogP contribution in [0.5, 0.6) is 0 Å². The number of halogens is 1. The fourth-order valence-corrected chi connectivity index (χ4v) is 7.56. The Morgan fingerprint density at radius 3 is 2.40 bits per heavy atom. The topological polar surface area (TPSA) is 59.8 Å². The minimum absolute atomic E-state index is 0.113. The van der Waals surface area contributed by atoms with Gasteiger partial charge in [-0.15, -0.1) is 0 Å². The van der Waals surface area contributed by atoms with E-state index in [2.05, 4.69) is 10.3 Å². The Morgan fingerprint density at radius 1 is 1.03 bits per heavy atom. The molecule has 1 aromatic carbocycles. The maximum absolute atomic E-state index is 13.2. The molecule has 4 bridgehead atoms. The van der Waals surface area contributed by atoms with E-state index in [1.807, 2.05) is 49.4 Å². The Balaban J connectivity index is 1.16. The van der Waals surface area contributed by atoms with Gasteiger partial charge in [-0.25, -0.2) is 9.67 Å². The van der Waals surface area contributed by atoms with E-state index >= 15 is 0 Å². The second-order valence-electron chi connectivity index (χ2n) is 10.9. The fraction of sp³-hybridized carbons (Fsp3) is 0.483. The highest BCUT2D eigenvalue weighted by Gasteiger charge is 2.47. The molecule has 0 radical (unpaired) electrons. The summed E-state index contributed by atoms with van der Waals surface area (Å²) in [6.45, 7) is 2.66. The number of nitrogens with zero attached hydrogens (tertiary/aromatic N) is 3. The Morgan fingerprint density at radius 2 is 1.74 bits per heavy atom. The van der Waals surface area contributed by atoms with Crippen LogP contribution >= 0.6 is 11.6 Å². The molecule has 2 aromatic heterocycles. The van der Waals surface area contributed by atoms with Crippen molar-refractivity contribution in [1.29, 1.82) is 0 Å². The molecule has 7 rings (SSSR count). The second-order valence-corrected chi connectivity index (χ2v) is 11.4. The Bertz CT molecular complexity index is 1180. The van der Waals surface area contributed by atoms with E-state index in [4.69, 9.17) is 16.7 Å². The third kappa shape index (κ3) is 4.40. The summed E-state index contributed by atoms with van der Waals surface area (Å²) in [6, 6.07) is 13.3. The normalized spacial score (nSPS) is 26.7. The van der Waals surface area contributed by atoms with Crippen molar-refractivity contribution in [2.75, 3.05) is 6.54 Å². The van der Waals surface area contributed by atoms with Gasteiger partial charge in [0.05, 0.1) is 5.69 Å². The summed E-state index contributed by atoms with van der Waals surface area (Å²) >= 11 is 6.12. The molecular formula is C29H33ClN4O. The smallest absolute Gasteiger partial charge is 0.272 e. The number of pyridine rings is 1. The molecule has 4 saturated carbocycles. The lowest BCUT2D eigenvalue weighted by Gasteiger charge is -2.54. The summed E-state index contributed by atoms with van der Waals surface area (Å²) in [6.07, 6.45) is 11.4. The van der Waals surface area contributed by atoms with Gasteiger partial charge < -0.3 is 5.32 Å². The highest BCUT2D eigenvalue weighted by atomic mass is 35.5. The van der Waals surface area contributed by atoms with E-state index in [1.54, 1.807) is 10.9 Å². The molecule has 1 N–H and O–H groups in total. The molecule has 6 heteroatoms. The van der Waals surface area contributed by atoms with Gasteiger partial charge in [-0.3, -0.25) is 4.79 Å². The van der Waals surface area contributed by atoms with E-state index in [9.17, 15) is 4.79 Å². The first-order valence-electron chi connectivity index (χ1n) is 13.1. The van der Waals surface area contributed by atoms with Gasteiger partial charge in [0.1, 0.15) is 0 Å². The van der Waals surface area contributed by atoms with Gasteiger partial charge >= 0.3 is 0 Å². The highest BCUT2D eigenvalue weighted by molar-refractivity contribution is 6.30. The van der Waals surface area contributed by atoms with Crippen LogP contribution in [0, 0.1) is 36.5 Å². The molecule has 182 valence electrons. The molecule has 0 atom stereocenters. The summed E-state index contributed by atoms with van der Waals surface area (Å²) in [5.41, 5.74) is 3.11. The van der Waals surface area contributed by atoms with Crippen LogP contribution in [-0.4, -0.2) is 27.2 Å². The second kappa shape index (κ2) is 9.42. The van der Waals surface area contributed by atoms with Crippen LogP contribution in [0.3, 0.4) is 0 Å². The monoisotopic (exact) mass is 488 g/mol. The predicted octanol–water partition coefficient (Wildman–Crippen LogP) is 6.48. The molecule has 4 aliphatic carbocycles. The summed E-state index contributed by atoms with van der Waals surface area (Å²) in [7, 11) is 0. The Labute approximate surface area is 212 Å². The molecule has 3 aromatic rings. The number of hydrogen-bond donors (Lipinski definition) is 1. The third-order valence-electron chi connectivity index (χ3n) is 8.74. The number of nitrogens with one attached hydrogen (secondary N) is 1. The summed E-state index contributed by atoms with van der Waals surface area (Å²) in [5.74, 6) is 5.36. The van der Waals surface area contributed by atoms with Gasteiger partial charge in [0.2, 0.25) is 0 Å². The van der Waals surface area contributed by atoms with Crippen molar-refractivity contribution in [3.8, 4) is 17.1 Å². The lowest BCUT2D eigenvalue weighted by atomic mass is 9.51. The molecule has 4 fully saturated rings. The molecule has 0 saturated heterocycles. The van der Waals surface area contributed by atoms with Crippen molar-refractivity contribution in [3.63, 3.8) is 0 Å². The van der Waals surface area contributed by atoms with Crippen LogP contribution in [0.25, 0.3) is 17.1 Å². The minimum atomic E-state index is -0.113. The summed E-state index contributed by atoms with van der Waals surface area (Å²) in [4.78, 5) is 17.7. The zero-order valence-electron chi connectivity index (χ0n) is 20.3. The average molecular weight is 489 g/mol. The highest BCUT2D eigenvalue weighted by Crippen LogP contribution is 2.57. The van der Waals surface area contributed by atoms with Crippen molar-refractivity contribution in [1.82, 2.24) is 20.1 Å². The van der Waals surface area contributed by atoms with Crippen molar-refractivity contribution in [2.45, 2.75) is 51.9 Å². The van der Waals surface area contributed by atoms with Crippen molar-refractivity contribution < 1.29 is 4.79 Å². The maximum atomic E-state index is 13.2. The van der Waals surface area contributed by atoms with Gasteiger partial charge in [0, 0.05) is 28.9 Å². The van der Waals surface area contributed by atoms with Gasteiger partial charge in [-0.2, -0.15) is 5.10 Å². The van der Waals surface area contributed by atoms with Crippen LogP contribution in [-0.2, 0) is 0 Å². The Hall–Kier alpha value is -2.66. The van der Waals surface area contributed by atoms with Crippen molar-refractivity contribution >= 4 is 17.5 Å². The standard InChI is InChI=1S/C29H33ClN4O/c1-18-27(29(35)32-12-4-5-25-22-14-19-13-20(16-22)17-23(25)15-19)33-34(26-6-2-3-11-31-26)28(18)21-7-9-24(30)10-8-21/h2-3,6-11,19-20,22-23,25H,4-5,12-17H2,1H3,(H,32,35). The molecule has 35 heavy (non-hydrogen) atoms. The summed E-state index contributed by atoms with van der Waals surface area (Å²) < 4.78 is 1.77. The van der Waals surface area contributed by atoms with E-state index in [0.29, 0.717) is 23.1 Å². The zero-order chi connectivity index (χ0) is 23.9. The number of hydrogen-bond acceptors (Lipinski definition) is 3. The van der Waals surface area contributed by atoms with Gasteiger partial charge in [-0.05, 0) is 106 Å². The molecule has 5 nitrogen and oxygen atoms in total. The first kappa shape index (κ1) is 22.8. The van der Waals surface area contributed by atoms with E-state index in [-0.39, 0.29) is 5.91 Å². The van der Waals surface area contributed by atoms with Crippen molar-refractivity contribution in [2.24, 2.45) is 29.6 Å². The fourth-order valence-electron chi connectivity index (χ4n) is 7.44. The van der Waals surface area contributed by atoms with Gasteiger partial charge in [-0.1, -0.05) is 29.8 Å². The first-order valence-corrected chi connectivity index (χ1v) is 13.5. The molecular weight excluding hydrogens is 456 g/mol. The molecule has 0 unspecified atom stereocenters. The number of amides is 1. The van der Waals surface area contributed by atoms with E-state index in [0.717, 1.165) is 52.8 Å². The van der Waals surface area contributed by atoms with Crippen LogP contribution in [0.1, 0.15) is 61.0 Å². The molecule has 1 amide bonds. The summed E-state index contributed by atoms with van der Waals surface area (Å²) in [5, 5.41) is 8.55. The quantitative estimate of drug-likeness (QED) is 0.387. The molecule has 2 heterocycles. The molecule has 0 spiro atoms. The van der Waals surface area contributed by atoms with Crippen LogP contribution in [0.15, 0.2) is 48.7 Å². The lowest BCUT2D eigenvalue weighted by Crippen LogP contribution is -2.45.